The van der Waals surface area contributed by atoms with Crippen molar-refractivity contribution in [2.24, 2.45) is 0 Å². The van der Waals surface area contributed by atoms with Crippen molar-refractivity contribution in [3.8, 4) is 5.75 Å². The Bertz CT molecular complexity index is 769. The van der Waals surface area contributed by atoms with Crippen LogP contribution in [0, 0.1) is 0 Å². The van der Waals surface area contributed by atoms with Gasteiger partial charge in [0.2, 0.25) is 0 Å². The summed E-state index contributed by atoms with van der Waals surface area (Å²) in [5.74, 6) is -0.784. The van der Waals surface area contributed by atoms with Crippen molar-refractivity contribution >= 4 is 12.3 Å². The van der Waals surface area contributed by atoms with E-state index in [9.17, 15) is 14.7 Å². The Labute approximate surface area is 139 Å². The Balaban J connectivity index is 1.80. The van der Waals surface area contributed by atoms with Gasteiger partial charge in [0.05, 0.1) is 36.4 Å². The molecule has 0 saturated heterocycles. The number of aldehydes is 1. The topological polar surface area (TPSA) is 72.8 Å². The first-order valence-electron chi connectivity index (χ1n) is 7.65. The number of benzene rings is 2. The first kappa shape index (κ1) is 16.2. The first-order chi connectivity index (χ1) is 11.5. The van der Waals surface area contributed by atoms with Gasteiger partial charge in [0, 0.05) is 5.56 Å². The zero-order valence-corrected chi connectivity index (χ0v) is 13.3. The summed E-state index contributed by atoms with van der Waals surface area (Å²) < 4.78 is 11.5. The number of carbonyl (C=O) groups is 2. The van der Waals surface area contributed by atoms with E-state index in [1.807, 2.05) is 37.3 Å². The first-order valence-corrected chi connectivity index (χ1v) is 7.65. The fourth-order valence-corrected chi connectivity index (χ4v) is 2.93. The van der Waals surface area contributed by atoms with Crippen LogP contribution in [0.3, 0.4) is 0 Å². The Kier molecular flexibility index (Phi) is 4.36. The summed E-state index contributed by atoms with van der Waals surface area (Å²) in [6.45, 7) is 3.24. The van der Waals surface area contributed by atoms with Crippen LogP contribution in [-0.4, -0.2) is 30.6 Å². The van der Waals surface area contributed by atoms with Crippen LogP contribution in [0.2, 0.25) is 0 Å². The number of ether oxygens (including phenoxy) is 2. The average Bonchev–Trinajstić information content (AvgIpc) is 2.92. The van der Waals surface area contributed by atoms with E-state index in [1.54, 1.807) is 6.07 Å². The molecule has 0 aromatic heterocycles. The van der Waals surface area contributed by atoms with Crippen molar-refractivity contribution in [2.75, 3.05) is 13.2 Å². The molecule has 0 amide bonds. The van der Waals surface area contributed by atoms with Crippen LogP contribution < -0.4 is 4.74 Å². The average molecular weight is 326 g/mol. The van der Waals surface area contributed by atoms with Crippen LogP contribution in [-0.2, 0) is 16.8 Å². The molecule has 2 aromatic carbocycles. The van der Waals surface area contributed by atoms with Crippen molar-refractivity contribution in [3.63, 3.8) is 0 Å². The standard InChI is InChI=1S/C19H18O5/c1-19(11-23-10-13-5-3-2-4-6-13)12-24-17-15(9-20)14(18(21)22)7-8-16(17)19/h2-9H,10-12H2,1H3,(H,21,22). The minimum Gasteiger partial charge on any atom is -0.491 e. The largest absolute Gasteiger partial charge is 0.491 e. The Morgan fingerprint density at radius 1 is 1.29 bits per heavy atom. The number of carboxylic acid groups (broad SMARTS) is 1. The molecular formula is C19H18O5. The van der Waals surface area contributed by atoms with Gasteiger partial charge in [-0.15, -0.1) is 0 Å². The molecular weight excluding hydrogens is 308 g/mol. The number of aromatic carboxylic acids is 1. The Morgan fingerprint density at radius 2 is 2.04 bits per heavy atom. The van der Waals surface area contributed by atoms with Crippen molar-refractivity contribution < 1.29 is 24.2 Å². The van der Waals surface area contributed by atoms with E-state index in [0.717, 1.165) is 11.1 Å². The van der Waals surface area contributed by atoms with Gasteiger partial charge in [0.1, 0.15) is 5.75 Å². The fourth-order valence-electron chi connectivity index (χ4n) is 2.93. The van der Waals surface area contributed by atoms with Gasteiger partial charge in [-0.3, -0.25) is 4.79 Å². The Hall–Kier alpha value is -2.66. The molecule has 2 aromatic rings. The molecule has 0 saturated carbocycles. The third-order valence-corrected chi connectivity index (χ3v) is 4.26. The molecule has 1 aliphatic heterocycles. The second kappa shape index (κ2) is 6.45. The highest BCUT2D eigenvalue weighted by atomic mass is 16.5. The van der Waals surface area contributed by atoms with E-state index in [2.05, 4.69) is 0 Å². The van der Waals surface area contributed by atoms with Crippen LogP contribution in [0.25, 0.3) is 0 Å². The van der Waals surface area contributed by atoms with Gasteiger partial charge in [-0.2, -0.15) is 0 Å². The number of hydrogen-bond acceptors (Lipinski definition) is 4. The lowest BCUT2D eigenvalue weighted by Gasteiger charge is -2.22. The number of rotatable bonds is 6. The van der Waals surface area contributed by atoms with E-state index in [1.165, 1.54) is 6.07 Å². The minimum absolute atomic E-state index is 0.0433. The molecule has 1 aliphatic rings. The molecule has 0 fully saturated rings. The van der Waals surface area contributed by atoms with Gasteiger partial charge < -0.3 is 14.6 Å². The maximum absolute atomic E-state index is 11.3. The summed E-state index contributed by atoms with van der Waals surface area (Å²) in [6.07, 6.45) is 0.541. The normalized spacial score (nSPS) is 18.7. The van der Waals surface area contributed by atoms with E-state index < -0.39 is 11.4 Å². The zero-order chi connectivity index (χ0) is 17.2. The van der Waals surface area contributed by atoms with Crippen LogP contribution >= 0.6 is 0 Å². The molecule has 3 rings (SSSR count). The summed E-state index contributed by atoms with van der Waals surface area (Å²) in [7, 11) is 0. The quantitative estimate of drug-likeness (QED) is 0.826. The van der Waals surface area contributed by atoms with Gasteiger partial charge >= 0.3 is 5.97 Å². The smallest absolute Gasteiger partial charge is 0.336 e. The molecule has 1 unspecified atom stereocenters. The molecule has 1 atom stereocenters. The molecule has 0 aliphatic carbocycles. The van der Waals surface area contributed by atoms with Crippen LogP contribution in [0.4, 0.5) is 0 Å². The molecule has 1 heterocycles. The highest BCUT2D eigenvalue weighted by Crippen LogP contribution is 2.42. The van der Waals surface area contributed by atoms with Gasteiger partial charge in [0.25, 0.3) is 0 Å². The van der Waals surface area contributed by atoms with Gasteiger partial charge in [-0.1, -0.05) is 36.4 Å². The third-order valence-electron chi connectivity index (χ3n) is 4.26. The second-order valence-electron chi connectivity index (χ2n) is 6.15. The summed E-state index contributed by atoms with van der Waals surface area (Å²) in [5, 5.41) is 9.19. The molecule has 24 heavy (non-hydrogen) atoms. The molecule has 0 radical (unpaired) electrons. The van der Waals surface area contributed by atoms with Crippen molar-refractivity contribution in [3.05, 3.63) is 64.7 Å². The predicted molar refractivity (Wildman–Crippen MR) is 87.7 cm³/mol. The number of hydrogen-bond donors (Lipinski definition) is 1. The lowest BCUT2D eigenvalue weighted by atomic mass is 9.84. The highest BCUT2D eigenvalue weighted by Gasteiger charge is 2.39. The van der Waals surface area contributed by atoms with E-state index >= 15 is 0 Å². The van der Waals surface area contributed by atoms with Crippen molar-refractivity contribution in [1.29, 1.82) is 0 Å². The van der Waals surface area contributed by atoms with Crippen molar-refractivity contribution in [1.82, 2.24) is 0 Å². The lowest BCUT2D eigenvalue weighted by Crippen LogP contribution is -2.30. The van der Waals surface area contributed by atoms with E-state index in [0.29, 0.717) is 31.9 Å². The molecule has 0 spiro atoms. The highest BCUT2D eigenvalue weighted by molar-refractivity contribution is 5.99. The number of carbonyl (C=O) groups excluding carboxylic acids is 1. The number of fused-ring (bicyclic) bond motifs is 1. The predicted octanol–water partition coefficient (Wildman–Crippen LogP) is 3.06. The molecule has 5 nitrogen and oxygen atoms in total. The third kappa shape index (κ3) is 2.90. The SMILES string of the molecule is CC1(COCc2ccccc2)COc2c1ccc(C(=O)O)c2C=O. The molecule has 124 valence electrons. The molecule has 1 N–H and O–H groups in total. The zero-order valence-electron chi connectivity index (χ0n) is 13.3. The van der Waals surface area contributed by atoms with E-state index in [-0.39, 0.29) is 11.1 Å². The van der Waals surface area contributed by atoms with E-state index in [4.69, 9.17) is 9.47 Å². The van der Waals surface area contributed by atoms with Gasteiger partial charge in [-0.25, -0.2) is 4.79 Å². The number of carboxylic acids is 1. The maximum Gasteiger partial charge on any atom is 0.336 e. The maximum atomic E-state index is 11.3. The molecule has 0 bridgehead atoms. The summed E-state index contributed by atoms with van der Waals surface area (Å²) in [5.41, 5.74) is 1.52. The second-order valence-corrected chi connectivity index (χ2v) is 6.15. The summed E-state index contributed by atoms with van der Waals surface area (Å²) in [4.78, 5) is 22.6. The summed E-state index contributed by atoms with van der Waals surface area (Å²) >= 11 is 0. The lowest BCUT2D eigenvalue weighted by molar-refractivity contribution is 0.0672. The minimum atomic E-state index is -1.14. The Morgan fingerprint density at radius 3 is 2.71 bits per heavy atom. The summed E-state index contributed by atoms with van der Waals surface area (Å²) in [6, 6.07) is 13.0. The monoisotopic (exact) mass is 326 g/mol. The van der Waals surface area contributed by atoms with Gasteiger partial charge in [0.15, 0.2) is 6.29 Å². The van der Waals surface area contributed by atoms with Crippen LogP contribution in [0.5, 0.6) is 5.75 Å². The van der Waals surface area contributed by atoms with Crippen molar-refractivity contribution in [2.45, 2.75) is 18.9 Å². The van der Waals surface area contributed by atoms with Crippen LogP contribution in [0.1, 0.15) is 38.8 Å². The fraction of sp³-hybridized carbons (Fsp3) is 0.263. The van der Waals surface area contributed by atoms with Gasteiger partial charge in [-0.05, 0) is 18.6 Å². The molecule has 5 heteroatoms. The van der Waals surface area contributed by atoms with Crippen LogP contribution in [0.15, 0.2) is 42.5 Å².